The molecule has 0 aliphatic carbocycles. The molecule has 1 N–H and O–H groups in total. The van der Waals surface area contributed by atoms with Crippen molar-refractivity contribution in [2.75, 3.05) is 14.2 Å². The largest absolute Gasteiger partial charge is 0.496 e. The molecule has 0 amide bonds. The summed E-state index contributed by atoms with van der Waals surface area (Å²) >= 11 is 3.24. The van der Waals surface area contributed by atoms with Crippen LogP contribution in [0.2, 0.25) is 0 Å². The summed E-state index contributed by atoms with van der Waals surface area (Å²) in [6.07, 6.45) is -0.600. The third-order valence-electron chi connectivity index (χ3n) is 3.15. The van der Waals surface area contributed by atoms with Crippen molar-refractivity contribution in [1.82, 2.24) is 0 Å². The third kappa shape index (κ3) is 3.74. The summed E-state index contributed by atoms with van der Waals surface area (Å²) < 4.78 is 24.6. The van der Waals surface area contributed by atoms with Gasteiger partial charge in [0.25, 0.3) is 0 Å². The zero-order chi connectivity index (χ0) is 15.4. The molecule has 0 aliphatic heterocycles. The topological polar surface area (TPSA) is 38.7 Å². The highest BCUT2D eigenvalue weighted by Crippen LogP contribution is 2.35. The predicted molar refractivity (Wildman–Crippen MR) is 82.3 cm³/mol. The molecule has 112 valence electrons. The lowest BCUT2D eigenvalue weighted by Gasteiger charge is -2.18. The monoisotopic (exact) mass is 354 g/mol. The van der Waals surface area contributed by atoms with Crippen LogP contribution in [0.25, 0.3) is 0 Å². The van der Waals surface area contributed by atoms with Crippen LogP contribution in [-0.2, 0) is 6.42 Å². The minimum atomic E-state index is -0.857. The molecule has 0 spiro atoms. The fourth-order valence-electron chi connectivity index (χ4n) is 2.26. The number of hydrogen-bond acceptors (Lipinski definition) is 3. The Morgan fingerprint density at radius 1 is 1.14 bits per heavy atom. The van der Waals surface area contributed by atoms with Gasteiger partial charge in [-0.3, -0.25) is 0 Å². The maximum Gasteiger partial charge on any atom is 0.128 e. The Kier molecular flexibility index (Phi) is 5.20. The van der Waals surface area contributed by atoms with Crippen LogP contribution < -0.4 is 9.47 Å². The van der Waals surface area contributed by atoms with E-state index in [4.69, 9.17) is 9.47 Å². The number of aliphatic hydroxyl groups is 1. The Morgan fingerprint density at radius 3 is 2.29 bits per heavy atom. The van der Waals surface area contributed by atoms with Crippen molar-refractivity contribution in [2.45, 2.75) is 12.5 Å². The fourth-order valence-corrected chi connectivity index (χ4v) is 2.78. The molecule has 0 saturated heterocycles. The van der Waals surface area contributed by atoms with Crippen LogP contribution in [0.15, 0.2) is 40.9 Å². The molecular weight excluding hydrogens is 339 g/mol. The highest BCUT2D eigenvalue weighted by Gasteiger charge is 2.19. The molecule has 2 aromatic carbocycles. The average molecular weight is 355 g/mol. The molecule has 2 aromatic rings. The first-order chi connectivity index (χ1) is 10.0. The summed E-state index contributed by atoms with van der Waals surface area (Å²) in [6, 6.07) is 9.83. The Morgan fingerprint density at radius 2 is 1.76 bits per heavy atom. The smallest absolute Gasteiger partial charge is 0.128 e. The van der Waals surface area contributed by atoms with Crippen LogP contribution in [0.4, 0.5) is 4.39 Å². The molecule has 0 aliphatic rings. The van der Waals surface area contributed by atoms with E-state index < -0.39 is 6.10 Å². The first-order valence-electron chi connectivity index (χ1n) is 6.39. The first kappa shape index (κ1) is 15.8. The van der Waals surface area contributed by atoms with Gasteiger partial charge in [-0.05, 0) is 35.9 Å². The number of methoxy groups -OCH3 is 2. The molecule has 1 atom stereocenters. The molecule has 0 saturated carbocycles. The number of ether oxygens (including phenoxy) is 2. The van der Waals surface area contributed by atoms with Crippen LogP contribution in [-0.4, -0.2) is 19.3 Å². The zero-order valence-electron chi connectivity index (χ0n) is 11.8. The summed E-state index contributed by atoms with van der Waals surface area (Å²) in [4.78, 5) is 0. The van der Waals surface area contributed by atoms with Gasteiger partial charge in [0.15, 0.2) is 0 Å². The van der Waals surface area contributed by atoms with Gasteiger partial charge in [-0.1, -0.05) is 22.0 Å². The van der Waals surface area contributed by atoms with E-state index in [-0.39, 0.29) is 12.2 Å². The van der Waals surface area contributed by atoms with Crippen molar-refractivity contribution in [1.29, 1.82) is 0 Å². The lowest BCUT2D eigenvalue weighted by molar-refractivity contribution is 0.169. The maximum atomic E-state index is 13.4. The van der Waals surface area contributed by atoms with Gasteiger partial charge >= 0.3 is 0 Å². The molecule has 0 aromatic heterocycles. The van der Waals surface area contributed by atoms with Crippen molar-refractivity contribution < 1.29 is 19.0 Å². The van der Waals surface area contributed by atoms with Crippen molar-refractivity contribution in [3.63, 3.8) is 0 Å². The third-order valence-corrected chi connectivity index (χ3v) is 3.61. The van der Waals surface area contributed by atoms with E-state index >= 15 is 0 Å². The molecule has 3 nitrogen and oxygen atoms in total. The van der Waals surface area contributed by atoms with Gasteiger partial charge in [0.1, 0.15) is 17.3 Å². The molecule has 0 fully saturated rings. The number of hydrogen-bond donors (Lipinski definition) is 1. The van der Waals surface area contributed by atoms with E-state index in [1.165, 1.54) is 26.4 Å². The van der Waals surface area contributed by atoms with Gasteiger partial charge in [-0.25, -0.2) is 4.39 Å². The minimum Gasteiger partial charge on any atom is -0.496 e. The second-order valence-corrected chi connectivity index (χ2v) is 5.49. The molecule has 0 bridgehead atoms. The van der Waals surface area contributed by atoms with Gasteiger partial charge in [0.2, 0.25) is 0 Å². The first-order valence-corrected chi connectivity index (χ1v) is 7.18. The second kappa shape index (κ2) is 6.91. The van der Waals surface area contributed by atoms with E-state index in [2.05, 4.69) is 15.9 Å². The Bertz CT molecular complexity index is 588. The summed E-state index contributed by atoms with van der Waals surface area (Å²) in [7, 11) is 3.06. The summed E-state index contributed by atoms with van der Waals surface area (Å²) in [5.74, 6) is 0.730. The van der Waals surface area contributed by atoms with Crippen molar-refractivity contribution in [3.05, 3.63) is 57.8 Å². The van der Waals surface area contributed by atoms with Crippen molar-refractivity contribution >= 4 is 15.9 Å². The molecule has 5 heteroatoms. The van der Waals surface area contributed by atoms with Crippen molar-refractivity contribution in [3.8, 4) is 11.5 Å². The lowest BCUT2D eigenvalue weighted by atomic mass is 9.99. The highest BCUT2D eigenvalue weighted by atomic mass is 79.9. The summed E-state index contributed by atoms with van der Waals surface area (Å²) in [5.41, 5.74) is 1.24. The van der Waals surface area contributed by atoms with E-state index in [1.807, 2.05) is 0 Å². The van der Waals surface area contributed by atoms with Crippen LogP contribution in [0.1, 0.15) is 17.2 Å². The van der Waals surface area contributed by atoms with Gasteiger partial charge in [0, 0.05) is 10.9 Å². The Hall–Kier alpha value is -1.59. The Balaban J connectivity index is 2.33. The van der Waals surface area contributed by atoms with E-state index in [1.54, 1.807) is 24.3 Å². The standard InChI is InChI=1S/C16H16BrFO3/c1-20-14-4-3-5-15(21-2)16(14)13(19)8-10-6-11(17)9-12(18)7-10/h3-7,9,13,19H,8H2,1-2H3. The number of halogens is 2. The summed E-state index contributed by atoms with van der Waals surface area (Å²) in [5, 5.41) is 10.5. The van der Waals surface area contributed by atoms with Gasteiger partial charge < -0.3 is 14.6 Å². The number of aliphatic hydroxyl groups excluding tert-OH is 1. The second-order valence-electron chi connectivity index (χ2n) is 4.57. The predicted octanol–water partition coefficient (Wildman–Crippen LogP) is 3.88. The quantitative estimate of drug-likeness (QED) is 0.885. The average Bonchev–Trinajstić information content (AvgIpc) is 2.45. The molecular formula is C16H16BrFO3. The molecule has 1 unspecified atom stereocenters. The van der Waals surface area contributed by atoms with Crippen LogP contribution >= 0.6 is 15.9 Å². The van der Waals surface area contributed by atoms with Crippen LogP contribution in [0, 0.1) is 5.82 Å². The molecule has 2 rings (SSSR count). The van der Waals surface area contributed by atoms with Gasteiger partial charge in [-0.2, -0.15) is 0 Å². The normalized spacial score (nSPS) is 12.0. The number of benzene rings is 2. The van der Waals surface area contributed by atoms with Gasteiger partial charge in [0.05, 0.1) is 25.9 Å². The van der Waals surface area contributed by atoms with Gasteiger partial charge in [-0.15, -0.1) is 0 Å². The Labute approximate surface area is 131 Å². The van der Waals surface area contributed by atoms with Crippen LogP contribution in [0.5, 0.6) is 11.5 Å². The lowest BCUT2D eigenvalue weighted by Crippen LogP contribution is -2.06. The number of rotatable bonds is 5. The zero-order valence-corrected chi connectivity index (χ0v) is 13.4. The highest BCUT2D eigenvalue weighted by molar-refractivity contribution is 9.10. The minimum absolute atomic E-state index is 0.257. The van der Waals surface area contributed by atoms with Crippen LogP contribution in [0.3, 0.4) is 0 Å². The van der Waals surface area contributed by atoms with E-state index in [9.17, 15) is 9.50 Å². The van der Waals surface area contributed by atoms with Crippen molar-refractivity contribution in [2.24, 2.45) is 0 Å². The van der Waals surface area contributed by atoms with E-state index in [0.717, 1.165) is 0 Å². The van der Waals surface area contributed by atoms with E-state index in [0.29, 0.717) is 27.1 Å². The fraction of sp³-hybridized carbons (Fsp3) is 0.250. The summed E-state index contributed by atoms with van der Waals surface area (Å²) in [6.45, 7) is 0. The SMILES string of the molecule is COc1cccc(OC)c1C(O)Cc1cc(F)cc(Br)c1. The molecule has 0 heterocycles. The molecule has 21 heavy (non-hydrogen) atoms. The molecule has 0 radical (unpaired) electrons. The maximum absolute atomic E-state index is 13.4.